The summed E-state index contributed by atoms with van der Waals surface area (Å²) in [5.74, 6) is -0.0528. The Bertz CT molecular complexity index is 523. The molecule has 0 aromatic heterocycles. The minimum atomic E-state index is -0.343. The van der Waals surface area contributed by atoms with Crippen molar-refractivity contribution in [2.24, 2.45) is 11.3 Å². The van der Waals surface area contributed by atoms with Crippen LogP contribution in [0.15, 0.2) is 30.3 Å². The quantitative estimate of drug-likeness (QED) is 0.782. The van der Waals surface area contributed by atoms with E-state index in [1.54, 1.807) is 12.1 Å². The van der Waals surface area contributed by atoms with Gasteiger partial charge in [-0.1, -0.05) is 32.0 Å². The zero-order valence-corrected chi connectivity index (χ0v) is 15.4. The number of quaternary nitrogens is 1. The highest BCUT2D eigenvalue weighted by molar-refractivity contribution is 5.89. The van der Waals surface area contributed by atoms with Crippen molar-refractivity contribution in [2.45, 2.75) is 52.7 Å². The molecule has 1 aromatic carbocycles. The van der Waals surface area contributed by atoms with Crippen molar-refractivity contribution in [3.8, 4) is 0 Å². The molecule has 2 N–H and O–H groups in total. The number of aliphatic hydroxyl groups is 1. The van der Waals surface area contributed by atoms with Crippen LogP contribution in [0, 0.1) is 11.3 Å². The number of ether oxygens (including phenoxy) is 1. The van der Waals surface area contributed by atoms with Crippen molar-refractivity contribution in [2.75, 3.05) is 19.6 Å². The van der Waals surface area contributed by atoms with E-state index in [9.17, 15) is 9.90 Å². The van der Waals surface area contributed by atoms with E-state index in [0.29, 0.717) is 18.4 Å². The Morgan fingerprint density at radius 3 is 2.46 bits per heavy atom. The molecule has 1 aromatic rings. The summed E-state index contributed by atoms with van der Waals surface area (Å²) < 4.78 is 5.90. The Kier molecular flexibility index (Phi) is 6.41. The standard InChI is InChI=1S/C20H31NO3/c1-5-21(6-2)14-16-12-18(22)20(3,4)13-17(16)24-19(23)15-10-8-7-9-11-15/h7-11,16-18,22H,5-6,12-14H2,1-4H3/p+1/t16-,17+,18-/m1/s1. The molecular weight excluding hydrogens is 302 g/mol. The summed E-state index contributed by atoms with van der Waals surface area (Å²) in [5.41, 5.74) is 0.367. The zero-order chi connectivity index (χ0) is 17.7. The fourth-order valence-electron chi connectivity index (χ4n) is 3.62. The predicted molar refractivity (Wildman–Crippen MR) is 95.1 cm³/mol. The molecule has 0 aliphatic heterocycles. The molecule has 0 amide bonds. The van der Waals surface area contributed by atoms with E-state index in [1.807, 2.05) is 18.2 Å². The van der Waals surface area contributed by atoms with Gasteiger partial charge in [0.25, 0.3) is 0 Å². The van der Waals surface area contributed by atoms with Crippen LogP contribution in [-0.2, 0) is 4.74 Å². The van der Waals surface area contributed by atoms with Gasteiger partial charge in [-0.15, -0.1) is 0 Å². The second-order valence-corrected chi connectivity index (χ2v) is 7.68. The molecule has 0 radical (unpaired) electrons. The predicted octanol–water partition coefficient (Wildman–Crippen LogP) is 1.93. The van der Waals surface area contributed by atoms with Gasteiger partial charge < -0.3 is 14.7 Å². The molecule has 0 saturated heterocycles. The Morgan fingerprint density at radius 2 is 1.88 bits per heavy atom. The molecular formula is C20H32NO3+. The second kappa shape index (κ2) is 8.13. The first-order valence-electron chi connectivity index (χ1n) is 9.15. The molecule has 134 valence electrons. The first kappa shape index (κ1) is 18.9. The maximum absolute atomic E-state index is 12.5. The SMILES string of the molecule is CC[NH+](CC)C[C@H]1C[C@@H](O)C(C)(C)C[C@@H]1OC(=O)c1ccccc1. The van der Waals surface area contributed by atoms with Crippen molar-refractivity contribution in [3.63, 3.8) is 0 Å². The van der Waals surface area contributed by atoms with E-state index in [4.69, 9.17) is 4.74 Å². The fraction of sp³-hybridized carbons (Fsp3) is 0.650. The number of benzene rings is 1. The zero-order valence-electron chi connectivity index (χ0n) is 15.4. The number of carbonyl (C=O) groups excluding carboxylic acids is 1. The van der Waals surface area contributed by atoms with Gasteiger partial charge in [0.15, 0.2) is 0 Å². The molecule has 0 heterocycles. The first-order valence-corrected chi connectivity index (χ1v) is 9.15. The van der Waals surface area contributed by atoms with E-state index in [-0.39, 0.29) is 29.5 Å². The second-order valence-electron chi connectivity index (χ2n) is 7.68. The Balaban J connectivity index is 2.13. The third-order valence-corrected chi connectivity index (χ3v) is 5.50. The molecule has 1 saturated carbocycles. The normalized spacial score (nSPS) is 26.3. The highest BCUT2D eigenvalue weighted by Crippen LogP contribution is 2.39. The summed E-state index contributed by atoms with van der Waals surface area (Å²) in [6.07, 6.45) is 0.926. The third-order valence-electron chi connectivity index (χ3n) is 5.50. The summed E-state index contributed by atoms with van der Waals surface area (Å²) in [5, 5.41) is 10.5. The third kappa shape index (κ3) is 4.58. The minimum Gasteiger partial charge on any atom is -0.458 e. The van der Waals surface area contributed by atoms with Crippen molar-refractivity contribution in [3.05, 3.63) is 35.9 Å². The van der Waals surface area contributed by atoms with Gasteiger partial charge >= 0.3 is 5.97 Å². The minimum absolute atomic E-state index is 0.135. The van der Waals surface area contributed by atoms with Crippen LogP contribution in [0.1, 0.15) is 50.9 Å². The molecule has 24 heavy (non-hydrogen) atoms. The summed E-state index contributed by atoms with van der Waals surface area (Å²) in [7, 11) is 0. The molecule has 4 heteroatoms. The lowest BCUT2D eigenvalue weighted by atomic mass is 9.69. The van der Waals surface area contributed by atoms with Crippen LogP contribution >= 0.6 is 0 Å². The van der Waals surface area contributed by atoms with Crippen molar-refractivity contribution < 1.29 is 19.5 Å². The van der Waals surface area contributed by atoms with Gasteiger partial charge in [0, 0.05) is 5.92 Å². The smallest absolute Gasteiger partial charge is 0.338 e. The molecule has 0 unspecified atom stereocenters. The van der Waals surface area contributed by atoms with E-state index >= 15 is 0 Å². The Labute approximate surface area is 145 Å². The number of esters is 1. The largest absolute Gasteiger partial charge is 0.458 e. The highest BCUT2D eigenvalue weighted by atomic mass is 16.5. The molecule has 4 nitrogen and oxygen atoms in total. The van der Waals surface area contributed by atoms with Crippen LogP contribution in [0.25, 0.3) is 0 Å². The lowest BCUT2D eigenvalue weighted by Gasteiger charge is -2.44. The maximum Gasteiger partial charge on any atom is 0.338 e. The van der Waals surface area contributed by atoms with Crippen LogP contribution in [0.2, 0.25) is 0 Å². The van der Waals surface area contributed by atoms with Crippen molar-refractivity contribution >= 4 is 5.97 Å². The van der Waals surface area contributed by atoms with Crippen LogP contribution in [-0.4, -0.2) is 42.9 Å². The average molecular weight is 334 g/mol. The number of rotatable bonds is 6. The summed E-state index contributed by atoms with van der Waals surface area (Å²) in [6.45, 7) is 11.5. The Hall–Kier alpha value is -1.39. The van der Waals surface area contributed by atoms with Crippen LogP contribution in [0.4, 0.5) is 0 Å². The van der Waals surface area contributed by atoms with Crippen LogP contribution < -0.4 is 4.90 Å². The van der Waals surface area contributed by atoms with Gasteiger partial charge in [-0.2, -0.15) is 0 Å². The molecule has 0 spiro atoms. The number of carbonyl (C=O) groups is 1. The molecule has 0 bridgehead atoms. The molecule has 3 atom stereocenters. The molecule has 1 aliphatic carbocycles. The number of nitrogens with one attached hydrogen (secondary N) is 1. The van der Waals surface area contributed by atoms with Crippen LogP contribution in [0.5, 0.6) is 0 Å². The van der Waals surface area contributed by atoms with Crippen molar-refractivity contribution in [1.82, 2.24) is 0 Å². The summed E-state index contributed by atoms with van der Waals surface area (Å²) in [4.78, 5) is 14.0. The topological polar surface area (TPSA) is 51.0 Å². The lowest BCUT2D eigenvalue weighted by Crippen LogP contribution is -3.12. The van der Waals surface area contributed by atoms with Gasteiger partial charge in [0.05, 0.1) is 31.3 Å². The summed E-state index contributed by atoms with van der Waals surface area (Å²) >= 11 is 0. The van der Waals surface area contributed by atoms with E-state index < -0.39 is 0 Å². The van der Waals surface area contributed by atoms with Gasteiger partial charge in [0.2, 0.25) is 0 Å². The van der Waals surface area contributed by atoms with E-state index in [0.717, 1.165) is 19.6 Å². The molecule has 2 rings (SSSR count). The van der Waals surface area contributed by atoms with Crippen molar-refractivity contribution in [1.29, 1.82) is 0 Å². The van der Waals surface area contributed by atoms with Gasteiger partial charge in [0.1, 0.15) is 6.10 Å². The number of hydrogen-bond acceptors (Lipinski definition) is 3. The number of hydrogen-bond donors (Lipinski definition) is 2. The van der Waals surface area contributed by atoms with Gasteiger partial charge in [-0.3, -0.25) is 0 Å². The van der Waals surface area contributed by atoms with Gasteiger partial charge in [-0.05, 0) is 44.2 Å². The maximum atomic E-state index is 12.5. The van der Waals surface area contributed by atoms with E-state index in [1.165, 1.54) is 4.90 Å². The fourth-order valence-corrected chi connectivity index (χ4v) is 3.62. The summed E-state index contributed by atoms with van der Waals surface area (Å²) in [6, 6.07) is 9.17. The highest BCUT2D eigenvalue weighted by Gasteiger charge is 2.44. The monoisotopic (exact) mass is 334 g/mol. The Morgan fingerprint density at radius 1 is 1.25 bits per heavy atom. The average Bonchev–Trinajstić information content (AvgIpc) is 2.57. The van der Waals surface area contributed by atoms with Gasteiger partial charge in [-0.25, -0.2) is 4.79 Å². The molecule has 1 fully saturated rings. The van der Waals surface area contributed by atoms with Crippen LogP contribution in [0.3, 0.4) is 0 Å². The van der Waals surface area contributed by atoms with E-state index in [2.05, 4.69) is 27.7 Å². The number of aliphatic hydroxyl groups excluding tert-OH is 1. The lowest BCUT2D eigenvalue weighted by molar-refractivity contribution is -0.900. The molecule has 1 aliphatic rings. The first-order chi connectivity index (χ1) is 11.4.